The van der Waals surface area contributed by atoms with Gasteiger partial charge in [0.1, 0.15) is 18.2 Å². The number of carbonyl (C=O) groups is 1. The number of amides is 1. The van der Waals surface area contributed by atoms with Gasteiger partial charge < -0.3 is 14.6 Å². The zero-order chi connectivity index (χ0) is 18.6. The lowest BCUT2D eigenvalue weighted by Gasteiger charge is -2.16. The lowest BCUT2D eigenvalue weighted by Crippen LogP contribution is -2.32. The van der Waals surface area contributed by atoms with Gasteiger partial charge in [-0.25, -0.2) is 0 Å². The van der Waals surface area contributed by atoms with E-state index in [9.17, 15) is 14.9 Å². The van der Waals surface area contributed by atoms with E-state index in [1.54, 1.807) is 13.0 Å². The van der Waals surface area contributed by atoms with Gasteiger partial charge in [0.25, 0.3) is 5.56 Å². The van der Waals surface area contributed by atoms with Gasteiger partial charge in [0.2, 0.25) is 5.91 Å². The molecule has 0 aliphatic rings. The van der Waals surface area contributed by atoms with Gasteiger partial charge in [0.15, 0.2) is 0 Å². The molecule has 1 N–H and O–H groups in total. The van der Waals surface area contributed by atoms with Crippen molar-refractivity contribution in [2.45, 2.75) is 27.0 Å². The molecule has 0 aliphatic carbocycles. The molecule has 1 aromatic heterocycles. The maximum atomic E-state index is 12.6. The summed E-state index contributed by atoms with van der Waals surface area (Å²) in [5.41, 5.74) is 2.14. The van der Waals surface area contributed by atoms with Gasteiger partial charge in [-0.15, -0.1) is 0 Å². The summed E-state index contributed by atoms with van der Waals surface area (Å²) >= 11 is 3.40. The summed E-state index contributed by atoms with van der Waals surface area (Å²) in [5, 5.41) is 12.1. The molecule has 0 atom stereocenters. The number of ether oxygens (including phenoxy) is 1. The van der Waals surface area contributed by atoms with Crippen molar-refractivity contribution >= 4 is 27.5 Å². The van der Waals surface area contributed by atoms with E-state index in [0.29, 0.717) is 21.4 Å². The van der Waals surface area contributed by atoms with Gasteiger partial charge in [0, 0.05) is 28.5 Å². The van der Waals surface area contributed by atoms with Crippen LogP contribution in [0.4, 0.5) is 5.69 Å². The molecule has 6 nitrogen and oxygen atoms in total. The Morgan fingerprint density at radius 3 is 2.64 bits per heavy atom. The van der Waals surface area contributed by atoms with Crippen LogP contribution in [-0.2, 0) is 22.7 Å². The van der Waals surface area contributed by atoms with E-state index in [2.05, 4.69) is 21.2 Å². The fraction of sp³-hybridized carbons (Fsp3) is 0.278. The number of aromatic nitrogens is 1. The van der Waals surface area contributed by atoms with E-state index in [4.69, 9.17) is 4.74 Å². The molecule has 25 heavy (non-hydrogen) atoms. The Morgan fingerprint density at radius 2 is 2.04 bits per heavy atom. The Bertz CT molecular complexity index is 913. The summed E-state index contributed by atoms with van der Waals surface area (Å²) in [7, 11) is 1.49. The van der Waals surface area contributed by atoms with Crippen LogP contribution in [-0.4, -0.2) is 17.6 Å². The maximum Gasteiger partial charge on any atom is 0.269 e. The van der Waals surface area contributed by atoms with Crippen LogP contribution in [0.2, 0.25) is 0 Å². The van der Waals surface area contributed by atoms with Gasteiger partial charge in [-0.2, -0.15) is 5.26 Å². The number of benzene rings is 1. The van der Waals surface area contributed by atoms with Crippen LogP contribution in [0.25, 0.3) is 0 Å². The summed E-state index contributed by atoms with van der Waals surface area (Å²) in [6.45, 7) is 3.55. The number of para-hydroxylation sites is 1. The highest BCUT2D eigenvalue weighted by atomic mass is 79.9. The van der Waals surface area contributed by atoms with E-state index in [1.165, 1.54) is 11.7 Å². The monoisotopic (exact) mass is 403 g/mol. The number of aryl methyl sites for hydroxylation is 1. The SMILES string of the molecule is COCc1c(Br)c(C)n(CC(=O)Nc2ccccc2C)c(=O)c1C#N. The molecule has 0 radical (unpaired) electrons. The van der Waals surface area contributed by atoms with Gasteiger partial charge in [-0.1, -0.05) is 18.2 Å². The largest absolute Gasteiger partial charge is 0.380 e. The molecule has 1 amide bonds. The molecule has 1 heterocycles. The van der Waals surface area contributed by atoms with Crippen molar-refractivity contribution in [2.75, 3.05) is 12.4 Å². The Kier molecular flexibility index (Phi) is 6.12. The first-order valence-electron chi connectivity index (χ1n) is 7.57. The minimum absolute atomic E-state index is 0.0250. The third kappa shape index (κ3) is 3.98. The minimum Gasteiger partial charge on any atom is -0.380 e. The first kappa shape index (κ1) is 18.9. The quantitative estimate of drug-likeness (QED) is 0.831. The number of nitrogens with one attached hydrogen (secondary N) is 1. The van der Waals surface area contributed by atoms with Crippen LogP contribution in [0.5, 0.6) is 0 Å². The maximum absolute atomic E-state index is 12.6. The lowest BCUT2D eigenvalue weighted by atomic mass is 10.1. The average Bonchev–Trinajstić information content (AvgIpc) is 2.59. The molecule has 0 spiro atoms. The van der Waals surface area contributed by atoms with E-state index >= 15 is 0 Å². The van der Waals surface area contributed by atoms with E-state index in [0.717, 1.165) is 5.56 Å². The molecule has 2 aromatic rings. The number of hydrogen-bond acceptors (Lipinski definition) is 4. The normalized spacial score (nSPS) is 10.4. The Hall–Kier alpha value is -2.43. The second-order valence-electron chi connectivity index (χ2n) is 5.55. The number of nitrogens with zero attached hydrogens (tertiary/aromatic N) is 2. The van der Waals surface area contributed by atoms with Gasteiger partial charge in [-0.05, 0) is 41.4 Å². The molecular weight excluding hydrogens is 386 g/mol. The summed E-state index contributed by atoms with van der Waals surface area (Å²) in [6.07, 6.45) is 0. The molecule has 2 rings (SSSR count). The Morgan fingerprint density at radius 1 is 1.36 bits per heavy atom. The number of pyridine rings is 1. The van der Waals surface area contributed by atoms with Crippen LogP contribution in [0.15, 0.2) is 33.5 Å². The molecule has 0 aliphatic heterocycles. The van der Waals surface area contributed by atoms with Crippen LogP contribution in [0.3, 0.4) is 0 Å². The van der Waals surface area contributed by atoms with Gasteiger partial charge in [0.05, 0.1) is 6.61 Å². The molecule has 0 saturated heterocycles. The molecule has 7 heteroatoms. The first-order valence-corrected chi connectivity index (χ1v) is 8.36. The van der Waals surface area contributed by atoms with Crippen LogP contribution in [0, 0.1) is 25.2 Å². The highest BCUT2D eigenvalue weighted by Gasteiger charge is 2.19. The summed E-state index contributed by atoms with van der Waals surface area (Å²) in [6, 6.07) is 9.30. The number of rotatable bonds is 5. The highest BCUT2D eigenvalue weighted by molar-refractivity contribution is 9.10. The van der Waals surface area contributed by atoms with Crippen LogP contribution < -0.4 is 10.9 Å². The molecule has 0 bridgehead atoms. The highest BCUT2D eigenvalue weighted by Crippen LogP contribution is 2.23. The number of carbonyl (C=O) groups excluding carboxylic acids is 1. The standard InChI is InChI=1S/C18H18BrN3O3/c1-11-6-4-5-7-15(11)21-16(23)9-22-12(2)17(19)14(10-25-3)13(8-20)18(22)24/h4-7H,9-10H2,1-3H3,(H,21,23). The van der Waals surface area contributed by atoms with Crippen molar-refractivity contribution in [1.82, 2.24) is 4.57 Å². The van der Waals surface area contributed by atoms with E-state index in [-0.39, 0.29) is 24.6 Å². The first-order chi connectivity index (χ1) is 11.9. The van der Waals surface area contributed by atoms with Crippen LogP contribution in [0.1, 0.15) is 22.4 Å². The molecule has 130 valence electrons. The number of nitriles is 1. The average molecular weight is 404 g/mol. The Balaban J connectivity index is 2.39. The van der Waals surface area contributed by atoms with E-state index in [1.807, 2.05) is 31.2 Å². The number of methoxy groups -OCH3 is 1. The van der Waals surface area contributed by atoms with Crippen molar-refractivity contribution in [3.05, 3.63) is 61.5 Å². The van der Waals surface area contributed by atoms with Crippen molar-refractivity contribution in [3.63, 3.8) is 0 Å². The van der Waals surface area contributed by atoms with Crippen LogP contribution >= 0.6 is 15.9 Å². The van der Waals surface area contributed by atoms with Crippen molar-refractivity contribution in [1.29, 1.82) is 5.26 Å². The van der Waals surface area contributed by atoms with E-state index < -0.39 is 5.56 Å². The van der Waals surface area contributed by atoms with Gasteiger partial charge in [-0.3, -0.25) is 9.59 Å². The number of halogens is 1. The summed E-state index contributed by atoms with van der Waals surface area (Å²) in [5.74, 6) is -0.338. The number of hydrogen-bond donors (Lipinski definition) is 1. The Labute approximate surface area is 154 Å². The van der Waals surface area contributed by atoms with Gasteiger partial charge >= 0.3 is 0 Å². The van der Waals surface area contributed by atoms with Crippen molar-refractivity contribution < 1.29 is 9.53 Å². The molecule has 0 unspecified atom stereocenters. The fourth-order valence-electron chi connectivity index (χ4n) is 2.50. The summed E-state index contributed by atoms with van der Waals surface area (Å²) < 4.78 is 6.94. The predicted octanol–water partition coefficient (Wildman–Crippen LogP) is 2.88. The molecule has 1 aromatic carbocycles. The second kappa shape index (κ2) is 8.10. The summed E-state index contributed by atoms with van der Waals surface area (Å²) in [4.78, 5) is 25.0. The zero-order valence-corrected chi connectivity index (χ0v) is 15.8. The predicted molar refractivity (Wildman–Crippen MR) is 98.4 cm³/mol. The van der Waals surface area contributed by atoms with Crippen molar-refractivity contribution in [2.24, 2.45) is 0 Å². The minimum atomic E-state index is -0.504. The molecule has 0 saturated carbocycles. The molecule has 0 fully saturated rings. The third-order valence-electron chi connectivity index (χ3n) is 3.87. The third-order valence-corrected chi connectivity index (χ3v) is 4.92. The van der Waals surface area contributed by atoms with Crippen molar-refractivity contribution in [3.8, 4) is 6.07 Å². The smallest absolute Gasteiger partial charge is 0.269 e. The topological polar surface area (TPSA) is 84.1 Å². The fourth-order valence-corrected chi connectivity index (χ4v) is 3.02. The zero-order valence-electron chi connectivity index (χ0n) is 14.2. The molecular formula is C18H18BrN3O3. The number of anilines is 1. The lowest BCUT2D eigenvalue weighted by molar-refractivity contribution is -0.116. The second-order valence-corrected chi connectivity index (χ2v) is 6.35.